The molecule has 2 aromatic carbocycles. The first-order chi connectivity index (χ1) is 14.9. The highest BCUT2D eigenvalue weighted by molar-refractivity contribution is 5.96. The van der Waals surface area contributed by atoms with E-state index >= 15 is 0 Å². The Kier molecular flexibility index (Phi) is 7.29. The predicted octanol–water partition coefficient (Wildman–Crippen LogP) is 5.77. The standard InChI is InChI=1S/C26H27FN2O2/c1-4-5-26(31)29(3)24-14-13-22(16-23(24)27)20-9-11-21(12-10-20)25(30)15-8-19-7-6-18(2)28-17-19/h6-7,9-14,16-17H,4-5,8,15H2,1-3H3. The molecular weight excluding hydrogens is 391 g/mol. The van der Waals surface area contributed by atoms with Crippen molar-refractivity contribution in [2.45, 2.75) is 39.5 Å². The average Bonchev–Trinajstić information content (AvgIpc) is 2.78. The molecule has 3 aromatic rings. The molecule has 1 aromatic heterocycles. The first kappa shape index (κ1) is 22.3. The van der Waals surface area contributed by atoms with Crippen LogP contribution in [0.25, 0.3) is 11.1 Å². The molecule has 0 aliphatic carbocycles. The maximum absolute atomic E-state index is 14.6. The van der Waals surface area contributed by atoms with Gasteiger partial charge in [0.15, 0.2) is 5.78 Å². The van der Waals surface area contributed by atoms with Crippen LogP contribution in [0.1, 0.15) is 47.8 Å². The SMILES string of the molecule is CCCC(=O)N(C)c1ccc(-c2ccc(C(=O)CCc3ccc(C)nc3)cc2)cc1F. The number of Topliss-reactive ketones (excluding diaryl/α,β-unsaturated/α-hetero) is 1. The van der Waals surface area contributed by atoms with E-state index in [4.69, 9.17) is 0 Å². The number of aromatic nitrogens is 1. The van der Waals surface area contributed by atoms with E-state index in [0.717, 1.165) is 23.2 Å². The van der Waals surface area contributed by atoms with Crippen molar-refractivity contribution >= 4 is 17.4 Å². The molecule has 1 amide bonds. The number of hydrogen-bond acceptors (Lipinski definition) is 3. The van der Waals surface area contributed by atoms with Crippen molar-refractivity contribution in [3.05, 3.63) is 83.4 Å². The number of carbonyl (C=O) groups excluding carboxylic acids is 2. The maximum atomic E-state index is 14.6. The van der Waals surface area contributed by atoms with Crippen LogP contribution in [0.3, 0.4) is 0 Å². The van der Waals surface area contributed by atoms with Gasteiger partial charge >= 0.3 is 0 Å². The first-order valence-corrected chi connectivity index (χ1v) is 10.5. The van der Waals surface area contributed by atoms with E-state index in [1.54, 1.807) is 37.5 Å². The van der Waals surface area contributed by atoms with Gasteiger partial charge in [-0.25, -0.2) is 4.39 Å². The Bertz CT molecular complexity index is 1060. The molecule has 31 heavy (non-hydrogen) atoms. The summed E-state index contributed by atoms with van der Waals surface area (Å²) >= 11 is 0. The minimum Gasteiger partial charge on any atom is -0.313 e. The molecule has 0 saturated heterocycles. The third kappa shape index (κ3) is 5.63. The highest BCUT2D eigenvalue weighted by atomic mass is 19.1. The number of carbonyl (C=O) groups is 2. The van der Waals surface area contributed by atoms with Gasteiger partial charge in [0.2, 0.25) is 5.91 Å². The minimum absolute atomic E-state index is 0.0599. The summed E-state index contributed by atoms with van der Waals surface area (Å²) in [7, 11) is 1.59. The smallest absolute Gasteiger partial charge is 0.226 e. The Balaban J connectivity index is 1.67. The number of amides is 1. The summed E-state index contributed by atoms with van der Waals surface area (Å²) in [6, 6.07) is 15.9. The van der Waals surface area contributed by atoms with Gasteiger partial charge in [0.1, 0.15) is 5.82 Å². The van der Waals surface area contributed by atoms with Crippen LogP contribution < -0.4 is 4.90 Å². The van der Waals surface area contributed by atoms with Crippen LogP contribution in [0.4, 0.5) is 10.1 Å². The normalized spacial score (nSPS) is 10.7. The van der Waals surface area contributed by atoms with Crippen molar-refractivity contribution in [1.29, 1.82) is 0 Å². The average molecular weight is 419 g/mol. The molecule has 5 heteroatoms. The topological polar surface area (TPSA) is 50.3 Å². The molecule has 0 atom stereocenters. The van der Waals surface area contributed by atoms with Crippen molar-refractivity contribution < 1.29 is 14.0 Å². The third-order valence-electron chi connectivity index (χ3n) is 5.30. The van der Waals surface area contributed by atoms with Crippen LogP contribution in [0, 0.1) is 12.7 Å². The van der Waals surface area contributed by atoms with Gasteiger partial charge in [-0.3, -0.25) is 14.6 Å². The van der Waals surface area contributed by atoms with E-state index in [0.29, 0.717) is 30.4 Å². The van der Waals surface area contributed by atoms with Crippen LogP contribution in [0.5, 0.6) is 0 Å². The van der Waals surface area contributed by atoms with Gasteiger partial charge < -0.3 is 4.90 Å². The number of pyridine rings is 1. The Labute approximate surface area is 182 Å². The molecular formula is C26H27FN2O2. The van der Waals surface area contributed by atoms with Crippen LogP contribution in [0.15, 0.2) is 60.8 Å². The van der Waals surface area contributed by atoms with Crippen LogP contribution in [-0.4, -0.2) is 23.7 Å². The van der Waals surface area contributed by atoms with Crippen molar-refractivity contribution in [1.82, 2.24) is 4.98 Å². The molecule has 0 bridgehead atoms. The fourth-order valence-corrected chi connectivity index (χ4v) is 3.37. The monoisotopic (exact) mass is 418 g/mol. The molecule has 0 fully saturated rings. The van der Waals surface area contributed by atoms with E-state index in [1.807, 2.05) is 38.1 Å². The van der Waals surface area contributed by atoms with Gasteiger partial charge in [0.05, 0.1) is 5.69 Å². The zero-order chi connectivity index (χ0) is 22.4. The number of rotatable bonds is 8. The van der Waals surface area contributed by atoms with Crippen LogP contribution in [-0.2, 0) is 11.2 Å². The Hall–Kier alpha value is -3.34. The highest BCUT2D eigenvalue weighted by Gasteiger charge is 2.15. The van der Waals surface area contributed by atoms with Crippen molar-refractivity contribution in [2.75, 3.05) is 11.9 Å². The van der Waals surface area contributed by atoms with E-state index in [1.165, 1.54) is 11.0 Å². The number of hydrogen-bond donors (Lipinski definition) is 0. The zero-order valence-electron chi connectivity index (χ0n) is 18.2. The van der Waals surface area contributed by atoms with Gasteiger partial charge in [0, 0.05) is 37.3 Å². The van der Waals surface area contributed by atoms with E-state index in [2.05, 4.69) is 4.98 Å². The van der Waals surface area contributed by atoms with Gasteiger partial charge in [-0.1, -0.05) is 43.3 Å². The molecule has 0 aliphatic heterocycles. The lowest BCUT2D eigenvalue weighted by Gasteiger charge is -2.18. The fraction of sp³-hybridized carbons (Fsp3) is 0.269. The molecule has 1 heterocycles. The number of halogens is 1. The third-order valence-corrected chi connectivity index (χ3v) is 5.30. The summed E-state index contributed by atoms with van der Waals surface area (Å²) in [6.07, 6.45) is 3.96. The second kappa shape index (κ2) is 10.1. The molecule has 0 saturated carbocycles. The minimum atomic E-state index is -0.448. The molecule has 160 valence electrons. The van der Waals surface area contributed by atoms with E-state index in [9.17, 15) is 14.0 Å². The Morgan fingerprint density at radius 2 is 1.68 bits per heavy atom. The van der Waals surface area contributed by atoms with Gasteiger partial charge in [-0.2, -0.15) is 0 Å². The lowest BCUT2D eigenvalue weighted by atomic mass is 9.99. The van der Waals surface area contributed by atoms with Crippen molar-refractivity contribution in [2.24, 2.45) is 0 Å². The summed E-state index contributed by atoms with van der Waals surface area (Å²) in [6.45, 7) is 3.85. The van der Waals surface area contributed by atoms with Gasteiger partial charge in [-0.15, -0.1) is 0 Å². The van der Waals surface area contributed by atoms with E-state index < -0.39 is 5.82 Å². The quantitative estimate of drug-likeness (QED) is 0.436. The molecule has 0 N–H and O–H groups in total. The van der Waals surface area contributed by atoms with Crippen LogP contribution in [0.2, 0.25) is 0 Å². The van der Waals surface area contributed by atoms with Crippen molar-refractivity contribution in [3.8, 4) is 11.1 Å². The first-order valence-electron chi connectivity index (χ1n) is 10.5. The van der Waals surface area contributed by atoms with Crippen LogP contribution >= 0.6 is 0 Å². The second-order valence-corrected chi connectivity index (χ2v) is 7.68. The summed E-state index contributed by atoms with van der Waals surface area (Å²) in [5, 5.41) is 0. The largest absolute Gasteiger partial charge is 0.313 e. The predicted molar refractivity (Wildman–Crippen MR) is 122 cm³/mol. The van der Waals surface area contributed by atoms with E-state index in [-0.39, 0.29) is 17.4 Å². The van der Waals surface area contributed by atoms with Gasteiger partial charge in [-0.05, 0) is 54.7 Å². The molecule has 0 spiro atoms. The number of ketones is 1. The number of nitrogens with zero attached hydrogens (tertiary/aromatic N) is 2. The molecule has 3 rings (SSSR count). The fourth-order valence-electron chi connectivity index (χ4n) is 3.37. The Morgan fingerprint density at radius 3 is 2.29 bits per heavy atom. The summed E-state index contributed by atoms with van der Waals surface area (Å²) in [5.74, 6) is -0.500. The molecule has 0 unspecified atom stereocenters. The second-order valence-electron chi connectivity index (χ2n) is 7.68. The lowest BCUT2D eigenvalue weighted by Crippen LogP contribution is -2.26. The summed E-state index contributed by atoms with van der Waals surface area (Å²) in [5.41, 5.74) is 4.39. The molecule has 0 radical (unpaired) electrons. The summed E-state index contributed by atoms with van der Waals surface area (Å²) < 4.78 is 14.6. The summed E-state index contributed by atoms with van der Waals surface area (Å²) in [4.78, 5) is 30.1. The molecule has 4 nitrogen and oxygen atoms in total. The zero-order valence-corrected chi connectivity index (χ0v) is 18.2. The van der Waals surface area contributed by atoms with Gasteiger partial charge in [0.25, 0.3) is 0 Å². The number of aryl methyl sites for hydroxylation is 2. The van der Waals surface area contributed by atoms with Crippen molar-refractivity contribution in [3.63, 3.8) is 0 Å². The highest BCUT2D eigenvalue weighted by Crippen LogP contribution is 2.27. The number of benzene rings is 2. The molecule has 0 aliphatic rings. The number of anilines is 1. The lowest BCUT2D eigenvalue weighted by molar-refractivity contribution is -0.118. The maximum Gasteiger partial charge on any atom is 0.226 e. The Morgan fingerprint density at radius 1 is 0.968 bits per heavy atom.